The topological polar surface area (TPSA) is 83.5 Å². The van der Waals surface area contributed by atoms with Gasteiger partial charge >= 0.3 is 0 Å². The minimum absolute atomic E-state index is 0.0960. The molecule has 2 aliphatic rings. The molecule has 0 aromatic carbocycles. The second-order valence-electron chi connectivity index (χ2n) is 7.05. The van der Waals surface area contributed by atoms with Crippen molar-refractivity contribution in [3.05, 3.63) is 24.0 Å². The van der Waals surface area contributed by atoms with Crippen LogP contribution in [0.4, 0.5) is 0 Å². The number of sulfonamides is 1. The molecule has 2 fully saturated rings. The molecule has 8 heteroatoms. The van der Waals surface area contributed by atoms with Crippen LogP contribution in [-0.4, -0.2) is 65.2 Å². The molecular weight excluding hydrogens is 328 g/mol. The van der Waals surface area contributed by atoms with Crippen LogP contribution in [0.25, 0.3) is 0 Å². The standard InChI is InChI=1S/C16H24N4O3S/c1-12(2)10-20-11-14-4-7-19(8-5-15(14)24(20,22)23)16(21)13-3-6-17-18-9-13/h3,6,9,12,14-15H,4-5,7-8,10-11H2,1-2H3/t14-,15+/m0/s1. The van der Waals surface area contributed by atoms with Crippen molar-refractivity contribution in [2.75, 3.05) is 26.2 Å². The summed E-state index contributed by atoms with van der Waals surface area (Å²) in [6, 6.07) is 1.64. The van der Waals surface area contributed by atoms with Crippen LogP contribution in [0, 0.1) is 11.8 Å². The summed E-state index contributed by atoms with van der Waals surface area (Å²) in [5.41, 5.74) is 0.501. The highest BCUT2D eigenvalue weighted by atomic mass is 32.2. The maximum atomic E-state index is 12.8. The fourth-order valence-electron chi connectivity index (χ4n) is 3.68. The number of carbonyl (C=O) groups is 1. The summed E-state index contributed by atoms with van der Waals surface area (Å²) in [4.78, 5) is 14.3. The Bertz CT molecular complexity index is 693. The fraction of sp³-hybridized carbons (Fsp3) is 0.688. The summed E-state index contributed by atoms with van der Waals surface area (Å²) in [6.45, 7) is 6.30. The van der Waals surface area contributed by atoms with Crippen molar-refractivity contribution in [3.63, 3.8) is 0 Å². The Balaban J connectivity index is 1.71. The van der Waals surface area contributed by atoms with E-state index in [-0.39, 0.29) is 17.1 Å². The average molecular weight is 352 g/mol. The third-order valence-electron chi connectivity index (χ3n) is 4.85. The number of aromatic nitrogens is 2. The molecular formula is C16H24N4O3S. The normalized spacial score (nSPS) is 27.0. The number of rotatable bonds is 3. The van der Waals surface area contributed by atoms with Crippen molar-refractivity contribution in [1.29, 1.82) is 0 Å². The van der Waals surface area contributed by atoms with Gasteiger partial charge in [0.1, 0.15) is 0 Å². The van der Waals surface area contributed by atoms with Crippen LogP contribution in [0.2, 0.25) is 0 Å². The first-order valence-corrected chi connectivity index (χ1v) is 9.95. The van der Waals surface area contributed by atoms with Crippen LogP contribution in [0.5, 0.6) is 0 Å². The van der Waals surface area contributed by atoms with Gasteiger partial charge in [-0.1, -0.05) is 13.8 Å². The third-order valence-corrected chi connectivity index (χ3v) is 7.25. The first kappa shape index (κ1) is 17.3. The molecule has 0 radical (unpaired) electrons. The van der Waals surface area contributed by atoms with Crippen molar-refractivity contribution in [1.82, 2.24) is 19.4 Å². The molecule has 0 aliphatic carbocycles. The second kappa shape index (κ2) is 6.76. The maximum absolute atomic E-state index is 12.8. The van der Waals surface area contributed by atoms with E-state index in [4.69, 9.17) is 0 Å². The molecule has 7 nitrogen and oxygen atoms in total. The van der Waals surface area contributed by atoms with E-state index < -0.39 is 10.0 Å². The van der Waals surface area contributed by atoms with E-state index in [1.807, 2.05) is 13.8 Å². The lowest BCUT2D eigenvalue weighted by Crippen LogP contribution is -2.36. The highest BCUT2D eigenvalue weighted by Crippen LogP contribution is 2.34. The fourth-order valence-corrected chi connectivity index (χ4v) is 6.08. The predicted molar refractivity (Wildman–Crippen MR) is 89.8 cm³/mol. The maximum Gasteiger partial charge on any atom is 0.255 e. The van der Waals surface area contributed by atoms with E-state index in [9.17, 15) is 13.2 Å². The number of hydrogen-bond donors (Lipinski definition) is 0. The first-order valence-electron chi connectivity index (χ1n) is 8.44. The molecule has 2 saturated heterocycles. The molecule has 1 aromatic heterocycles. The van der Waals surface area contributed by atoms with Gasteiger partial charge in [-0.3, -0.25) is 4.79 Å². The molecule has 0 unspecified atom stereocenters. The van der Waals surface area contributed by atoms with Gasteiger partial charge in [-0.15, -0.1) is 0 Å². The largest absolute Gasteiger partial charge is 0.339 e. The van der Waals surface area contributed by atoms with Gasteiger partial charge < -0.3 is 4.90 Å². The number of nitrogens with zero attached hydrogens (tertiary/aromatic N) is 4. The van der Waals surface area contributed by atoms with Crippen LogP contribution < -0.4 is 0 Å². The molecule has 1 aromatic rings. The van der Waals surface area contributed by atoms with Crippen molar-refractivity contribution in [2.45, 2.75) is 31.9 Å². The van der Waals surface area contributed by atoms with Crippen molar-refractivity contribution < 1.29 is 13.2 Å². The lowest BCUT2D eigenvalue weighted by atomic mass is 10.0. The summed E-state index contributed by atoms with van der Waals surface area (Å²) in [5.74, 6) is 0.336. The molecule has 2 aliphatic heterocycles. The molecule has 24 heavy (non-hydrogen) atoms. The van der Waals surface area contributed by atoms with Crippen molar-refractivity contribution in [3.8, 4) is 0 Å². The van der Waals surface area contributed by atoms with Crippen LogP contribution in [0.1, 0.15) is 37.0 Å². The molecule has 0 spiro atoms. The smallest absolute Gasteiger partial charge is 0.255 e. The van der Waals surface area contributed by atoms with E-state index in [1.165, 1.54) is 12.4 Å². The summed E-state index contributed by atoms with van der Waals surface area (Å²) in [7, 11) is -3.25. The van der Waals surface area contributed by atoms with Gasteiger partial charge in [0, 0.05) is 26.2 Å². The summed E-state index contributed by atoms with van der Waals surface area (Å²) >= 11 is 0. The SMILES string of the molecule is CC(C)CN1C[C@@H]2CCN(C(=O)c3ccnnc3)CC[C@H]2S1(=O)=O. The van der Waals surface area contributed by atoms with Gasteiger partial charge in [0.05, 0.1) is 23.2 Å². The van der Waals surface area contributed by atoms with Gasteiger partial charge in [0.15, 0.2) is 0 Å². The van der Waals surface area contributed by atoms with Gasteiger partial charge in [0.2, 0.25) is 10.0 Å². The van der Waals surface area contributed by atoms with Crippen LogP contribution in [0.15, 0.2) is 18.5 Å². The number of carbonyl (C=O) groups excluding carboxylic acids is 1. The van der Waals surface area contributed by atoms with E-state index >= 15 is 0 Å². The number of fused-ring (bicyclic) bond motifs is 1. The predicted octanol–water partition coefficient (Wildman–Crippen LogP) is 0.999. The summed E-state index contributed by atoms with van der Waals surface area (Å²) in [6.07, 6.45) is 4.18. The van der Waals surface area contributed by atoms with E-state index in [1.54, 1.807) is 15.3 Å². The Morgan fingerprint density at radius 2 is 2.04 bits per heavy atom. The molecule has 3 heterocycles. The minimum atomic E-state index is -3.25. The van der Waals surface area contributed by atoms with Crippen molar-refractivity contribution >= 4 is 15.9 Å². The molecule has 0 N–H and O–H groups in total. The molecule has 1 amide bonds. The number of amides is 1. The highest BCUT2D eigenvalue weighted by molar-refractivity contribution is 7.90. The van der Waals surface area contributed by atoms with Crippen LogP contribution in [0.3, 0.4) is 0 Å². The Morgan fingerprint density at radius 1 is 1.29 bits per heavy atom. The lowest BCUT2D eigenvalue weighted by Gasteiger charge is -2.22. The molecule has 2 atom stereocenters. The monoisotopic (exact) mass is 352 g/mol. The average Bonchev–Trinajstić information content (AvgIpc) is 2.70. The van der Waals surface area contributed by atoms with E-state index in [0.717, 1.165) is 6.42 Å². The third kappa shape index (κ3) is 3.30. The second-order valence-corrected chi connectivity index (χ2v) is 9.21. The van der Waals surface area contributed by atoms with Crippen LogP contribution in [-0.2, 0) is 10.0 Å². The Labute approximate surface area is 143 Å². The van der Waals surface area contributed by atoms with Gasteiger partial charge in [-0.25, -0.2) is 12.7 Å². The van der Waals surface area contributed by atoms with Gasteiger partial charge in [-0.05, 0) is 30.7 Å². The Hall–Kier alpha value is -1.54. The highest BCUT2D eigenvalue weighted by Gasteiger charge is 2.47. The zero-order valence-electron chi connectivity index (χ0n) is 14.1. The van der Waals surface area contributed by atoms with Gasteiger partial charge in [0.25, 0.3) is 5.91 Å². The zero-order valence-corrected chi connectivity index (χ0v) is 14.9. The van der Waals surface area contributed by atoms with Crippen molar-refractivity contribution in [2.24, 2.45) is 11.8 Å². The quantitative estimate of drug-likeness (QED) is 0.810. The summed E-state index contributed by atoms with van der Waals surface area (Å²) < 4.78 is 27.2. The molecule has 3 rings (SSSR count). The van der Waals surface area contributed by atoms with E-state index in [2.05, 4.69) is 10.2 Å². The van der Waals surface area contributed by atoms with E-state index in [0.29, 0.717) is 44.1 Å². The molecule has 132 valence electrons. The molecule has 0 saturated carbocycles. The summed E-state index contributed by atoms with van der Waals surface area (Å²) in [5, 5.41) is 7.07. The number of likely N-dealkylation sites (tertiary alicyclic amines) is 1. The molecule has 0 bridgehead atoms. The Morgan fingerprint density at radius 3 is 2.71 bits per heavy atom. The van der Waals surface area contributed by atoms with Crippen LogP contribution >= 0.6 is 0 Å². The van der Waals surface area contributed by atoms with Gasteiger partial charge in [-0.2, -0.15) is 10.2 Å². The minimum Gasteiger partial charge on any atom is -0.339 e. The zero-order chi connectivity index (χ0) is 17.3. The first-order chi connectivity index (χ1) is 11.4. The number of hydrogen-bond acceptors (Lipinski definition) is 5. The lowest BCUT2D eigenvalue weighted by molar-refractivity contribution is 0.0758. The Kier molecular flexibility index (Phi) is 4.87.